The second-order valence-electron chi connectivity index (χ2n) is 6.55. The molecule has 0 saturated carbocycles. The highest BCUT2D eigenvalue weighted by molar-refractivity contribution is 8.19. The molecule has 1 aliphatic heterocycles. The van der Waals surface area contributed by atoms with E-state index in [1.54, 1.807) is 6.20 Å². The fourth-order valence-electron chi connectivity index (χ4n) is 3.16. The van der Waals surface area contributed by atoms with Gasteiger partial charge in [0.25, 0.3) is 5.91 Å². The third-order valence-corrected chi connectivity index (χ3v) is 8.02. The Hall–Kier alpha value is -1.89. The minimum atomic E-state index is -0.356. The van der Waals surface area contributed by atoms with Crippen LogP contribution in [0.2, 0.25) is 5.02 Å². The van der Waals surface area contributed by atoms with E-state index >= 15 is 0 Å². The Morgan fingerprint density at radius 1 is 1.14 bits per heavy atom. The molecule has 1 fully saturated rings. The molecule has 1 saturated heterocycles. The van der Waals surface area contributed by atoms with Crippen molar-refractivity contribution < 1.29 is 4.79 Å². The van der Waals surface area contributed by atoms with Crippen LogP contribution in [0.4, 0.5) is 0 Å². The molecule has 1 aromatic heterocycles. The van der Waals surface area contributed by atoms with E-state index in [2.05, 4.69) is 22.4 Å². The molecule has 28 heavy (non-hydrogen) atoms. The van der Waals surface area contributed by atoms with Gasteiger partial charge in [0, 0.05) is 41.5 Å². The van der Waals surface area contributed by atoms with E-state index in [4.69, 9.17) is 11.6 Å². The first-order valence-corrected chi connectivity index (χ1v) is 11.5. The van der Waals surface area contributed by atoms with E-state index < -0.39 is 0 Å². The number of carbonyl (C=O) groups excluding carboxylic acids is 1. The molecule has 2 heterocycles. The number of aromatic nitrogens is 2. The standard InChI is InChI=1S/C21H20ClN3OS2/c1-25-11-10-23-19(25)18(14-6-8-17(22)9-7-14)24-20(26)15-2-4-16(5-3-15)21-27-12-13-28-21/h2-11,18,21H,12-13H2,1H3,(H,24,26). The van der Waals surface area contributed by atoms with Gasteiger partial charge in [0.2, 0.25) is 0 Å². The zero-order valence-corrected chi connectivity index (χ0v) is 17.7. The van der Waals surface area contributed by atoms with Crippen LogP contribution < -0.4 is 5.32 Å². The number of carbonyl (C=O) groups is 1. The quantitative estimate of drug-likeness (QED) is 0.615. The van der Waals surface area contributed by atoms with Gasteiger partial charge in [0.15, 0.2) is 0 Å². The summed E-state index contributed by atoms with van der Waals surface area (Å²) in [6.07, 6.45) is 3.60. The molecule has 0 radical (unpaired) electrons. The predicted octanol–water partition coefficient (Wildman–Crippen LogP) is 5.07. The van der Waals surface area contributed by atoms with Crippen molar-refractivity contribution in [2.24, 2.45) is 7.05 Å². The fraction of sp³-hybridized carbons (Fsp3) is 0.238. The van der Waals surface area contributed by atoms with Crippen LogP contribution in [-0.4, -0.2) is 27.0 Å². The SMILES string of the molecule is Cn1ccnc1C(NC(=O)c1ccc(C2SCCS2)cc1)c1ccc(Cl)cc1. The number of nitrogens with zero attached hydrogens (tertiary/aromatic N) is 2. The summed E-state index contributed by atoms with van der Waals surface area (Å²) < 4.78 is 2.39. The van der Waals surface area contributed by atoms with E-state index in [9.17, 15) is 4.79 Å². The van der Waals surface area contributed by atoms with E-state index in [1.807, 2.05) is 77.7 Å². The van der Waals surface area contributed by atoms with Gasteiger partial charge in [-0.1, -0.05) is 35.9 Å². The van der Waals surface area contributed by atoms with Crippen molar-refractivity contribution in [1.29, 1.82) is 0 Å². The first-order valence-electron chi connectivity index (χ1n) is 8.98. The average molecular weight is 430 g/mol. The molecule has 0 aliphatic carbocycles. The van der Waals surface area contributed by atoms with Gasteiger partial charge < -0.3 is 9.88 Å². The van der Waals surface area contributed by atoms with Crippen LogP contribution in [0.5, 0.6) is 0 Å². The monoisotopic (exact) mass is 429 g/mol. The minimum Gasteiger partial charge on any atom is -0.338 e. The molecular formula is C21H20ClN3OS2. The second kappa shape index (κ2) is 8.64. The maximum atomic E-state index is 12.9. The Labute approximate surface area is 178 Å². The van der Waals surface area contributed by atoms with Crippen LogP contribution in [0.25, 0.3) is 0 Å². The molecule has 1 amide bonds. The van der Waals surface area contributed by atoms with Crippen molar-refractivity contribution in [2.45, 2.75) is 10.6 Å². The summed E-state index contributed by atoms with van der Waals surface area (Å²) in [5.41, 5.74) is 2.84. The molecule has 144 valence electrons. The van der Waals surface area contributed by atoms with Crippen molar-refractivity contribution in [2.75, 3.05) is 11.5 Å². The normalized spacial score (nSPS) is 15.5. The number of nitrogens with one attached hydrogen (secondary N) is 1. The summed E-state index contributed by atoms with van der Waals surface area (Å²) in [7, 11) is 1.92. The van der Waals surface area contributed by atoms with Crippen molar-refractivity contribution in [3.63, 3.8) is 0 Å². The molecule has 2 aromatic carbocycles. The van der Waals surface area contributed by atoms with Gasteiger partial charge in [-0.25, -0.2) is 4.98 Å². The van der Waals surface area contributed by atoms with Crippen molar-refractivity contribution in [3.8, 4) is 0 Å². The van der Waals surface area contributed by atoms with Gasteiger partial charge in [-0.05, 0) is 35.4 Å². The topological polar surface area (TPSA) is 46.9 Å². The molecule has 1 aliphatic rings. The van der Waals surface area contributed by atoms with Crippen LogP contribution in [0.3, 0.4) is 0 Å². The molecule has 1 unspecified atom stereocenters. The van der Waals surface area contributed by atoms with E-state index in [0.29, 0.717) is 15.2 Å². The lowest BCUT2D eigenvalue weighted by Gasteiger charge is -2.19. The van der Waals surface area contributed by atoms with Gasteiger partial charge in [-0.2, -0.15) is 0 Å². The Bertz CT molecular complexity index is 951. The van der Waals surface area contributed by atoms with Crippen LogP contribution in [0.1, 0.15) is 37.9 Å². The van der Waals surface area contributed by atoms with Gasteiger partial charge in [0.05, 0.1) is 4.58 Å². The predicted molar refractivity (Wildman–Crippen MR) is 118 cm³/mol. The number of thioether (sulfide) groups is 2. The first kappa shape index (κ1) is 19.4. The molecule has 4 rings (SSSR count). The van der Waals surface area contributed by atoms with Crippen LogP contribution in [-0.2, 0) is 7.05 Å². The molecule has 1 N–H and O–H groups in total. The maximum absolute atomic E-state index is 12.9. The largest absolute Gasteiger partial charge is 0.338 e. The van der Waals surface area contributed by atoms with Crippen LogP contribution in [0.15, 0.2) is 60.9 Å². The third-order valence-electron chi connectivity index (χ3n) is 4.66. The van der Waals surface area contributed by atoms with E-state index in [1.165, 1.54) is 17.1 Å². The number of rotatable bonds is 5. The van der Waals surface area contributed by atoms with Gasteiger partial charge in [-0.3, -0.25) is 4.79 Å². The summed E-state index contributed by atoms with van der Waals surface area (Å²) in [5.74, 6) is 3.01. The van der Waals surface area contributed by atoms with Crippen molar-refractivity contribution in [1.82, 2.24) is 14.9 Å². The number of aryl methyl sites for hydroxylation is 1. The highest BCUT2D eigenvalue weighted by Gasteiger charge is 2.22. The van der Waals surface area contributed by atoms with E-state index in [-0.39, 0.29) is 11.9 Å². The zero-order valence-electron chi connectivity index (χ0n) is 15.3. The number of hydrogen-bond donors (Lipinski definition) is 1. The summed E-state index contributed by atoms with van der Waals surface area (Å²) in [6, 6.07) is 15.1. The highest BCUT2D eigenvalue weighted by Crippen LogP contribution is 2.45. The van der Waals surface area contributed by atoms with E-state index in [0.717, 1.165) is 11.4 Å². The Morgan fingerprint density at radius 3 is 2.43 bits per heavy atom. The molecular weight excluding hydrogens is 410 g/mol. The minimum absolute atomic E-state index is 0.124. The molecule has 3 aromatic rings. The first-order chi connectivity index (χ1) is 13.6. The van der Waals surface area contributed by atoms with Crippen molar-refractivity contribution >= 4 is 41.0 Å². The Morgan fingerprint density at radius 2 is 1.82 bits per heavy atom. The van der Waals surface area contributed by atoms with Gasteiger partial charge in [-0.15, -0.1) is 23.5 Å². The number of amides is 1. The number of benzene rings is 2. The summed E-state index contributed by atoms with van der Waals surface area (Å²) in [5, 5.41) is 3.78. The molecule has 0 spiro atoms. The zero-order chi connectivity index (χ0) is 19.5. The lowest BCUT2D eigenvalue weighted by molar-refractivity contribution is 0.0941. The maximum Gasteiger partial charge on any atom is 0.252 e. The van der Waals surface area contributed by atoms with Gasteiger partial charge in [0.1, 0.15) is 11.9 Å². The molecule has 0 bridgehead atoms. The lowest BCUT2D eigenvalue weighted by atomic mass is 10.0. The lowest BCUT2D eigenvalue weighted by Crippen LogP contribution is -2.31. The van der Waals surface area contributed by atoms with Crippen LogP contribution in [0, 0.1) is 0 Å². The molecule has 7 heteroatoms. The summed E-state index contributed by atoms with van der Waals surface area (Å²) >= 11 is 9.95. The fourth-order valence-corrected chi connectivity index (χ4v) is 6.15. The number of hydrogen-bond acceptors (Lipinski definition) is 4. The van der Waals surface area contributed by atoms with Crippen LogP contribution >= 0.6 is 35.1 Å². The number of imidazole rings is 1. The molecule has 1 atom stereocenters. The Kier molecular flexibility index (Phi) is 5.99. The third kappa shape index (κ3) is 4.24. The number of halogens is 1. The van der Waals surface area contributed by atoms with Crippen molar-refractivity contribution in [3.05, 3.63) is 88.5 Å². The summed E-state index contributed by atoms with van der Waals surface area (Å²) in [6.45, 7) is 0. The van der Waals surface area contributed by atoms with Gasteiger partial charge >= 0.3 is 0 Å². The second-order valence-corrected chi connectivity index (χ2v) is 9.71. The average Bonchev–Trinajstić information content (AvgIpc) is 3.39. The smallest absolute Gasteiger partial charge is 0.252 e. The Balaban J connectivity index is 1.57. The summed E-state index contributed by atoms with van der Waals surface area (Å²) in [4.78, 5) is 17.4. The highest BCUT2D eigenvalue weighted by atomic mass is 35.5. The molecule has 4 nitrogen and oxygen atoms in total.